The molecule has 0 aromatic heterocycles. The molecule has 0 aliphatic carbocycles. The van der Waals surface area contributed by atoms with Crippen molar-refractivity contribution in [3.05, 3.63) is 64.0 Å². The van der Waals surface area contributed by atoms with Crippen molar-refractivity contribution < 1.29 is 18.0 Å². The second kappa shape index (κ2) is 5.00. The first-order valence-corrected chi connectivity index (χ1v) is 5.87. The Morgan fingerprint density at radius 3 is 2.20 bits per heavy atom. The van der Waals surface area contributed by atoms with Gasteiger partial charge in [0.1, 0.15) is 17.5 Å². The summed E-state index contributed by atoms with van der Waals surface area (Å²) in [7, 11) is 0. The Morgan fingerprint density at radius 2 is 1.60 bits per heavy atom. The van der Waals surface area contributed by atoms with Crippen LogP contribution in [0.1, 0.15) is 27.0 Å². The van der Waals surface area contributed by atoms with Gasteiger partial charge in [-0.15, -0.1) is 0 Å². The van der Waals surface area contributed by atoms with E-state index < -0.39 is 28.8 Å². The number of halogens is 3. The molecule has 2 N–H and O–H groups in total. The van der Waals surface area contributed by atoms with Gasteiger partial charge in [0.25, 0.3) is 0 Å². The van der Waals surface area contributed by atoms with Gasteiger partial charge in [-0.05, 0) is 43.7 Å². The average Bonchev–Trinajstić information content (AvgIpc) is 2.38. The number of aryl methyl sites for hydroxylation is 1. The highest BCUT2D eigenvalue weighted by Crippen LogP contribution is 2.22. The standard InChI is InChI=1S/C15H12F3NO/c1-7-3-13(18)10(6-11(7)16)15(20)9-4-12(17)8(2)14(19)5-9/h3-6H,19H2,1-2H3. The fraction of sp³-hybridized carbons (Fsp3) is 0.133. The Morgan fingerprint density at radius 1 is 0.950 bits per heavy atom. The van der Waals surface area contributed by atoms with Crippen LogP contribution in [-0.2, 0) is 0 Å². The molecule has 2 rings (SSSR count). The summed E-state index contributed by atoms with van der Waals surface area (Å²) in [5, 5.41) is 0. The predicted molar refractivity (Wildman–Crippen MR) is 70.1 cm³/mol. The minimum Gasteiger partial charge on any atom is -0.398 e. The lowest BCUT2D eigenvalue weighted by Crippen LogP contribution is -2.08. The van der Waals surface area contributed by atoms with Gasteiger partial charge in [0.15, 0.2) is 5.78 Å². The van der Waals surface area contributed by atoms with Gasteiger partial charge in [-0.3, -0.25) is 4.79 Å². The smallest absolute Gasteiger partial charge is 0.196 e. The number of carbonyl (C=O) groups is 1. The van der Waals surface area contributed by atoms with E-state index in [1.54, 1.807) is 0 Å². The molecule has 2 aromatic rings. The van der Waals surface area contributed by atoms with Crippen molar-refractivity contribution in [3.63, 3.8) is 0 Å². The molecule has 0 amide bonds. The first kappa shape index (κ1) is 14.1. The fourth-order valence-corrected chi connectivity index (χ4v) is 1.81. The van der Waals surface area contributed by atoms with Crippen LogP contribution < -0.4 is 5.73 Å². The summed E-state index contributed by atoms with van der Waals surface area (Å²) < 4.78 is 40.7. The van der Waals surface area contributed by atoms with Gasteiger partial charge < -0.3 is 5.73 Å². The number of anilines is 1. The van der Waals surface area contributed by atoms with E-state index in [1.165, 1.54) is 19.9 Å². The maximum Gasteiger partial charge on any atom is 0.196 e. The minimum atomic E-state index is -0.853. The van der Waals surface area contributed by atoms with Crippen LogP contribution in [0.4, 0.5) is 18.9 Å². The van der Waals surface area contributed by atoms with Crippen molar-refractivity contribution in [2.75, 3.05) is 5.73 Å². The Hall–Kier alpha value is -2.30. The predicted octanol–water partition coefficient (Wildman–Crippen LogP) is 3.53. The van der Waals surface area contributed by atoms with E-state index in [0.717, 1.165) is 18.2 Å². The molecule has 0 radical (unpaired) electrons. The van der Waals surface area contributed by atoms with Crippen LogP contribution in [0, 0.1) is 31.3 Å². The molecule has 0 saturated carbocycles. The normalized spacial score (nSPS) is 10.7. The number of nitrogen functional groups attached to an aromatic ring is 1. The topological polar surface area (TPSA) is 43.1 Å². The van der Waals surface area contributed by atoms with Crippen LogP contribution >= 0.6 is 0 Å². The van der Waals surface area contributed by atoms with Crippen molar-refractivity contribution in [3.8, 4) is 0 Å². The van der Waals surface area contributed by atoms with Crippen LogP contribution in [-0.4, -0.2) is 5.78 Å². The summed E-state index contributed by atoms with van der Waals surface area (Å²) >= 11 is 0. The third kappa shape index (κ3) is 2.39. The van der Waals surface area contributed by atoms with Gasteiger partial charge in [-0.2, -0.15) is 0 Å². The van der Waals surface area contributed by atoms with E-state index >= 15 is 0 Å². The summed E-state index contributed by atoms with van der Waals surface area (Å²) in [6.07, 6.45) is 0. The number of nitrogens with two attached hydrogens (primary N) is 1. The number of rotatable bonds is 2. The molecule has 0 aliphatic rings. The quantitative estimate of drug-likeness (QED) is 0.675. The minimum absolute atomic E-state index is 0.0846. The molecule has 2 nitrogen and oxygen atoms in total. The van der Waals surface area contributed by atoms with Crippen LogP contribution in [0.15, 0.2) is 24.3 Å². The van der Waals surface area contributed by atoms with E-state index in [0.29, 0.717) is 0 Å². The SMILES string of the molecule is Cc1cc(F)c(C(=O)c2cc(N)c(C)c(F)c2)cc1F. The summed E-state index contributed by atoms with van der Waals surface area (Å²) in [6, 6.07) is 3.95. The van der Waals surface area contributed by atoms with Gasteiger partial charge in [0, 0.05) is 16.8 Å². The zero-order chi connectivity index (χ0) is 15.0. The summed E-state index contributed by atoms with van der Waals surface area (Å²) in [4.78, 5) is 12.1. The first-order chi connectivity index (χ1) is 9.31. The van der Waals surface area contributed by atoms with Crippen LogP contribution in [0.3, 0.4) is 0 Å². The Labute approximate surface area is 114 Å². The van der Waals surface area contributed by atoms with Crippen molar-refractivity contribution in [2.24, 2.45) is 0 Å². The molecule has 0 aliphatic heterocycles. The van der Waals surface area contributed by atoms with E-state index in [2.05, 4.69) is 0 Å². The molecule has 0 spiro atoms. The zero-order valence-electron chi connectivity index (χ0n) is 10.9. The Balaban J connectivity index is 2.55. The van der Waals surface area contributed by atoms with Gasteiger partial charge in [0.2, 0.25) is 0 Å². The Kier molecular flexibility index (Phi) is 3.53. The number of hydrogen-bond donors (Lipinski definition) is 1. The molecule has 0 atom stereocenters. The molecule has 0 heterocycles. The lowest BCUT2D eigenvalue weighted by molar-refractivity contribution is 0.103. The fourth-order valence-electron chi connectivity index (χ4n) is 1.81. The van der Waals surface area contributed by atoms with E-state index in [9.17, 15) is 18.0 Å². The maximum absolute atomic E-state index is 13.7. The average molecular weight is 279 g/mol. The van der Waals surface area contributed by atoms with Gasteiger partial charge in [0.05, 0.1) is 5.56 Å². The van der Waals surface area contributed by atoms with E-state index in [-0.39, 0.29) is 22.4 Å². The van der Waals surface area contributed by atoms with Crippen LogP contribution in [0.2, 0.25) is 0 Å². The molecule has 0 unspecified atom stereocenters. The second-order valence-corrected chi connectivity index (χ2v) is 4.58. The number of carbonyl (C=O) groups excluding carboxylic acids is 1. The summed E-state index contributed by atoms with van der Waals surface area (Å²) in [5.74, 6) is -3.03. The van der Waals surface area contributed by atoms with Crippen LogP contribution in [0.25, 0.3) is 0 Å². The maximum atomic E-state index is 13.7. The monoisotopic (exact) mass is 279 g/mol. The third-order valence-corrected chi connectivity index (χ3v) is 3.14. The number of ketones is 1. The zero-order valence-corrected chi connectivity index (χ0v) is 10.9. The van der Waals surface area contributed by atoms with Crippen LogP contribution in [0.5, 0.6) is 0 Å². The summed E-state index contributed by atoms with van der Waals surface area (Å²) in [6.45, 7) is 2.85. The molecule has 20 heavy (non-hydrogen) atoms. The highest BCUT2D eigenvalue weighted by Gasteiger charge is 2.18. The van der Waals surface area contributed by atoms with Gasteiger partial charge >= 0.3 is 0 Å². The molecule has 5 heteroatoms. The molecule has 0 bridgehead atoms. The van der Waals surface area contributed by atoms with Crippen molar-refractivity contribution in [2.45, 2.75) is 13.8 Å². The van der Waals surface area contributed by atoms with Crippen molar-refractivity contribution in [1.82, 2.24) is 0 Å². The van der Waals surface area contributed by atoms with Gasteiger partial charge in [-0.1, -0.05) is 0 Å². The largest absolute Gasteiger partial charge is 0.398 e. The Bertz CT molecular complexity index is 688. The third-order valence-electron chi connectivity index (χ3n) is 3.14. The number of hydrogen-bond acceptors (Lipinski definition) is 2. The van der Waals surface area contributed by atoms with E-state index in [4.69, 9.17) is 5.73 Å². The first-order valence-electron chi connectivity index (χ1n) is 5.87. The molecule has 104 valence electrons. The highest BCUT2D eigenvalue weighted by atomic mass is 19.1. The van der Waals surface area contributed by atoms with Crippen molar-refractivity contribution >= 4 is 11.5 Å². The highest BCUT2D eigenvalue weighted by molar-refractivity contribution is 6.09. The molecule has 2 aromatic carbocycles. The lowest BCUT2D eigenvalue weighted by atomic mass is 9.99. The second-order valence-electron chi connectivity index (χ2n) is 4.58. The van der Waals surface area contributed by atoms with E-state index in [1.807, 2.05) is 0 Å². The lowest BCUT2D eigenvalue weighted by Gasteiger charge is -2.08. The van der Waals surface area contributed by atoms with Gasteiger partial charge in [-0.25, -0.2) is 13.2 Å². The van der Waals surface area contributed by atoms with Crippen molar-refractivity contribution in [1.29, 1.82) is 0 Å². The molecular formula is C15H12F3NO. The molecular weight excluding hydrogens is 267 g/mol. The summed E-state index contributed by atoms with van der Waals surface area (Å²) in [5.41, 5.74) is 5.38. The molecule has 0 fully saturated rings. The molecule has 0 saturated heterocycles. The number of benzene rings is 2.